The summed E-state index contributed by atoms with van der Waals surface area (Å²) < 4.78 is 5.68. The Hall–Kier alpha value is -1.88. The summed E-state index contributed by atoms with van der Waals surface area (Å²) in [7, 11) is 0. The third kappa shape index (κ3) is 4.29. The monoisotopic (exact) mass is 305 g/mol. The van der Waals surface area contributed by atoms with Gasteiger partial charge in [0.2, 0.25) is 0 Å². The first-order valence-electron chi connectivity index (χ1n) is 7.01. The number of carbonyl (C=O) groups is 1. The Kier molecular flexibility index (Phi) is 5.33. The van der Waals surface area contributed by atoms with Crippen LogP contribution in [0.1, 0.15) is 39.3 Å². The molecule has 0 saturated heterocycles. The lowest BCUT2D eigenvalue weighted by molar-refractivity contribution is 0.0700. The molecule has 112 valence electrons. The number of thiazole rings is 1. The Morgan fingerprint density at radius 2 is 2.19 bits per heavy atom. The molecular weight excluding hydrogens is 286 g/mol. The molecule has 0 bridgehead atoms. The molecular formula is C16H19NO3S. The maximum Gasteiger partial charge on any atom is 0.347 e. The van der Waals surface area contributed by atoms with E-state index in [1.165, 1.54) is 11.3 Å². The van der Waals surface area contributed by atoms with Crippen LogP contribution in [0.5, 0.6) is 5.75 Å². The van der Waals surface area contributed by atoms with Gasteiger partial charge in [0, 0.05) is 6.42 Å². The lowest BCUT2D eigenvalue weighted by Gasteiger charge is -2.05. The van der Waals surface area contributed by atoms with Crippen LogP contribution in [0.3, 0.4) is 0 Å². The van der Waals surface area contributed by atoms with Gasteiger partial charge in [-0.3, -0.25) is 0 Å². The van der Waals surface area contributed by atoms with Crippen LogP contribution < -0.4 is 4.74 Å². The average molecular weight is 305 g/mol. The van der Waals surface area contributed by atoms with E-state index in [-0.39, 0.29) is 0 Å². The second-order valence-electron chi connectivity index (χ2n) is 4.85. The molecule has 1 N–H and O–H groups in total. The summed E-state index contributed by atoms with van der Waals surface area (Å²) in [6.45, 7) is 4.54. The first kappa shape index (κ1) is 15.5. The largest absolute Gasteiger partial charge is 0.493 e. The Balaban J connectivity index is 1.97. The number of benzene rings is 1. The highest BCUT2D eigenvalue weighted by Gasteiger charge is 2.16. The minimum absolute atomic E-state index is 0.363. The summed E-state index contributed by atoms with van der Waals surface area (Å²) in [6, 6.07) is 7.87. The summed E-state index contributed by atoms with van der Waals surface area (Å²) in [5.41, 5.74) is 1.85. The fourth-order valence-electron chi connectivity index (χ4n) is 2.04. The van der Waals surface area contributed by atoms with Crippen LogP contribution in [0.4, 0.5) is 0 Å². The van der Waals surface area contributed by atoms with Gasteiger partial charge in [-0.15, -0.1) is 11.3 Å². The molecule has 2 rings (SSSR count). The summed E-state index contributed by atoms with van der Waals surface area (Å²) in [4.78, 5) is 16.0. The number of rotatable bonds is 7. The van der Waals surface area contributed by atoms with E-state index in [2.05, 4.69) is 4.98 Å². The van der Waals surface area contributed by atoms with Gasteiger partial charge in [0.15, 0.2) is 0 Å². The maximum atomic E-state index is 11.2. The SMILES string of the molecule is CCCc1nc(CCOc2cccc(C)c2)sc1C(=O)O. The fraction of sp³-hybridized carbons (Fsp3) is 0.375. The van der Waals surface area contributed by atoms with Crippen molar-refractivity contribution in [2.24, 2.45) is 0 Å². The van der Waals surface area contributed by atoms with Gasteiger partial charge in [-0.25, -0.2) is 9.78 Å². The highest BCUT2D eigenvalue weighted by atomic mass is 32.1. The zero-order valence-corrected chi connectivity index (χ0v) is 13.1. The number of aryl methyl sites for hydroxylation is 2. The van der Waals surface area contributed by atoms with E-state index < -0.39 is 5.97 Å². The highest BCUT2D eigenvalue weighted by molar-refractivity contribution is 7.13. The number of aromatic carboxylic acids is 1. The van der Waals surface area contributed by atoms with Gasteiger partial charge in [-0.2, -0.15) is 0 Å². The van der Waals surface area contributed by atoms with Crippen LogP contribution in [-0.2, 0) is 12.8 Å². The predicted molar refractivity (Wildman–Crippen MR) is 83.4 cm³/mol. The lowest BCUT2D eigenvalue weighted by Crippen LogP contribution is -2.01. The summed E-state index contributed by atoms with van der Waals surface area (Å²) >= 11 is 1.26. The van der Waals surface area contributed by atoms with Gasteiger partial charge >= 0.3 is 5.97 Å². The van der Waals surface area contributed by atoms with Crippen molar-refractivity contribution in [3.05, 3.63) is 45.4 Å². The van der Waals surface area contributed by atoms with Crippen molar-refractivity contribution in [2.45, 2.75) is 33.1 Å². The minimum Gasteiger partial charge on any atom is -0.493 e. The van der Waals surface area contributed by atoms with Gasteiger partial charge in [-0.05, 0) is 31.0 Å². The van der Waals surface area contributed by atoms with Crippen molar-refractivity contribution in [2.75, 3.05) is 6.61 Å². The van der Waals surface area contributed by atoms with Crippen molar-refractivity contribution in [3.63, 3.8) is 0 Å². The van der Waals surface area contributed by atoms with Crippen LogP contribution in [-0.4, -0.2) is 22.7 Å². The molecule has 0 spiro atoms. The molecule has 4 nitrogen and oxygen atoms in total. The first-order valence-corrected chi connectivity index (χ1v) is 7.83. The molecule has 5 heteroatoms. The van der Waals surface area contributed by atoms with Crippen LogP contribution >= 0.6 is 11.3 Å². The lowest BCUT2D eigenvalue weighted by atomic mass is 10.2. The van der Waals surface area contributed by atoms with E-state index in [1.54, 1.807) is 0 Å². The Morgan fingerprint density at radius 3 is 2.86 bits per heavy atom. The van der Waals surface area contributed by atoms with Gasteiger partial charge in [0.05, 0.1) is 17.3 Å². The van der Waals surface area contributed by atoms with Gasteiger partial charge in [0.1, 0.15) is 10.6 Å². The molecule has 0 saturated carbocycles. The molecule has 0 fully saturated rings. The number of carboxylic acids is 1. The highest BCUT2D eigenvalue weighted by Crippen LogP contribution is 2.21. The number of ether oxygens (including phenoxy) is 1. The van der Waals surface area contributed by atoms with Crippen molar-refractivity contribution in [1.29, 1.82) is 0 Å². The molecule has 1 aromatic heterocycles. The Bertz CT molecular complexity index is 622. The van der Waals surface area contributed by atoms with Crippen molar-refractivity contribution < 1.29 is 14.6 Å². The van der Waals surface area contributed by atoms with E-state index in [4.69, 9.17) is 4.74 Å². The smallest absolute Gasteiger partial charge is 0.347 e. The molecule has 0 aliphatic rings. The third-order valence-corrected chi connectivity index (χ3v) is 4.14. The van der Waals surface area contributed by atoms with E-state index in [1.807, 2.05) is 38.1 Å². The Morgan fingerprint density at radius 1 is 1.38 bits per heavy atom. The number of carboxylic acid groups (broad SMARTS) is 1. The first-order chi connectivity index (χ1) is 10.1. The van der Waals surface area contributed by atoms with E-state index in [9.17, 15) is 9.90 Å². The zero-order chi connectivity index (χ0) is 15.2. The van der Waals surface area contributed by atoms with E-state index in [0.717, 1.165) is 22.7 Å². The average Bonchev–Trinajstić information content (AvgIpc) is 2.83. The standard InChI is InChI=1S/C16H19NO3S/c1-3-5-13-15(16(18)19)21-14(17-13)8-9-20-12-7-4-6-11(2)10-12/h4,6-7,10H,3,5,8-9H2,1-2H3,(H,18,19). The van der Waals surface area contributed by atoms with Gasteiger partial charge in [0.25, 0.3) is 0 Å². The van der Waals surface area contributed by atoms with Crippen LogP contribution in [0.25, 0.3) is 0 Å². The number of hydrogen-bond acceptors (Lipinski definition) is 4. The van der Waals surface area contributed by atoms with Crippen molar-refractivity contribution >= 4 is 17.3 Å². The quantitative estimate of drug-likeness (QED) is 0.847. The fourth-order valence-corrected chi connectivity index (χ4v) is 2.97. The molecule has 0 aliphatic carbocycles. The van der Waals surface area contributed by atoms with Crippen molar-refractivity contribution in [1.82, 2.24) is 4.98 Å². The van der Waals surface area contributed by atoms with E-state index in [0.29, 0.717) is 30.0 Å². The second kappa shape index (κ2) is 7.22. The number of hydrogen-bond donors (Lipinski definition) is 1. The minimum atomic E-state index is -0.887. The molecule has 0 atom stereocenters. The normalized spacial score (nSPS) is 10.6. The summed E-state index contributed by atoms with van der Waals surface area (Å²) in [6.07, 6.45) is 2.22. The van der Waals surface area contributed by atoms with Gasteiger partial charge < -0.3 is 9.84 Å². The van der Waals surface area contributed by atoms with Crippen LogP contribution in [0.15, 0.2) is 24.3 Å². The second-order valence-corrected chi connectivity index (χ2v) is 5.94. The molecule has 0 radical (unpaired) electrons. The van der Waals surface area contributed by atoms with Gasteiger partial charge in [-0.1, -0.05) is 25.5 Å². The van der Waals surface area contributed by atoms with Crippen LogP contribution in [0, 0.1) is 6.92 Å². The molecule has 21 heavy (non-hydrogen) atoms. The molecule has 1 heterocycles. The predicted octanol–water partition coefficient (Wildman–Crippen LogP) is 3.72. The summed E-state index contributed by atoms with van der Waals surface area (Å²) in [5.74, 6) is -0.0550. The molecule has 1 aromatic carbocycles. The summed E-state index contributed by atoms with van der Waals surface area (Å²) in [5, 5.41) is 10.0. The zero-order valence-electron chi connectivity index (χ0n) is 12.3. The molecule has 0 unspecified atom stereocenters. The van der Waals surface area contributed by atoms with Crippen molar-refractivity contribution in [3.8, 4) is 5.75 Å². The number of nitrogens with zero attached hydrogens (tertiary/aromatic N) is 1. The Labute approximate surface area is 128 Å². The molecule has 2 aromatic rings. The third-order valence-electron chi connectivity index (χ3n) is 3.00. The molecule has 0 amide bonds. The maximum absolute atomic E-state index is 11.2. The topological polar surface area (TPSA) is 59.4 Å². The van der Waals surface area contributed by atoms with E-state index >= 15 is 0 Å². The molecule has 0 aliphatic heterocycles. The number of aromatic nitrogens is 1. The van der Waals surface area contributed by atoms with Crippen LogP contribution in [0.2, 0.25) is 0 Å².